The lowest BCUT2D eigenvalue weighted by molar-refractivity contribution is -0.126. The maximum Gasteiger partial charge on any atom is 0.346 e. The Bertz CT molecular complexity index is 942. The minimum atomic E-state index is -0.303. The molecule has 7 heteroatoms. The quantitative estimate of drug-likeness (QED) is 0.843. The maximum absolute atomic E-state index is 12.8. The molecule has 1 N–H and O–H groups in total. The number of hydrogen-bond donors (Lipinski definition) is 1. The minimum absolute atomic E-state index is 0.0593. The summed E-state index contributed by atoms with van der Waals surface area (Å²) in [5.41, 5.74) is 0.565. The summed E-state index contributed by atoms with van der Waals surface area (Å²) in [6.07, 6.45) is 9.56. The molecule has 29 heavy (non-hydrogen) atoms. The van der Waals surface area contributed by atoms with Gasteiger partial charge in [-0.1, -0.05) is 6.07 Å². The predicted molar refractivity (Wildman–Crippen MR) is 109 cm³/mol. The number of rotatable bonds is 5. The summed E-state index contributed by atoms with van der Waals surface area (Å²) in [6, 6.07) is 5.61. The summed E-state index contributed by atoms with van der Waals surface area (Å²) < 4.78 is 2.68. The summed E-state index contributed by atoms with van der Waals surface area (Å²) in [5, 5.41) is 7.58. The van der Waals surface area contributed by atoms with Gasteiger partial charge in [0.25, 0.3) is 0 Å². The Balaban J connectivity index is 1.30. The van der Waals surface area contributed by atoms with Crippen molar-refractivity contribution in [3.63, 3.8) is 0 Å². The van der Waals surface area contributed by atoms with Crippen molar-refractivity contribution in [3.05, 3.63) is 34.9 Å². The van der Waals surface area contributed by atoms with Gasteiger partial charge in [-0.05, 0) is 80.8 Å². The second-order valence-corrected chi connectivity index (χ2v) is 9.61. The number of nitrogens with one attached hydrogen (secondary N) is 1. The zero-order chi connectivity index (χ0) is 20.2. The van der Waals surface area contributed by atoms with Gasteiger partial charge in [-0.15, -0.1) is 5.10 Å². The van der Waals surface area contributed by atoms with Crippen LogP contribution in [0.5, 0.6) is 0 Å². The molecule has 4 saturated carbocycles. The van der Waals surface area contributed by atoms with Crippen LogP contribution in [0.3, 0.4) is 0 Å². The van der Waals surface area contributed by atoms with Gasteiger partial charge in [0.15, 0.2) is 5.82 Å². The molecule has 4 aliphatic carbocycles. The molecular formula is C22H29N5O2. The molecule has 6 rings (SSSR count). The first-order valence-corrected chi connectivity index (χ1v) is 10.8. The number of nitrogens with zero attached hydrogens (tertiary/aromatic N) is 4. The lowest BCUT2D eigenvalue weighted by Gasteiger charge is -2.59. The smallest absolute Gasteiger partial charge is 0.346 e. The van der Waals surface area contributed by atoms with Crippen LogP contribution in [0.15, 0.2) is 29.2 Å². The Morgan fingerprint density at radius 1 is 1.21 bits per heavy atom. The first-order valence-electron chi connectivity index (χ1n) is 10.8. The number of carbonyl (C=O) groups excluding carboxylic acids is 1. The van der Waals surface area contributed by atoms with Crippen molar-refractivity contribution in [2.24, 2.45) is 30.2 Å². The van der Waals surface area contributed by atoms with Gasteiger partial charge in [0, 0.05) is 19.3 Å². The standard InChI is InChI=1S/C22H29N5O2/c1-14(22-10-15-7-16(11-22)9-17(8-15)12-22)24-19(28)13-27-21(29)26(2)20(25-27)18-5-3-4-6-23-18/h3-6,14-17H,7-13H2,1-2H3,(H,24,28)/t14-,15?,16?,17?,22?/m1/s1. The zero-order valence-corrected chi connectivity index (χ0v) is 17.2. The van der Waals surface area contributed by atoms with Crippen molar-refractivity contribution in [3.8, 4) is 11.5 Å². The van der Waals surface area contributed by atoms with Gasteiger partial charge >= 0.3 is 5.69 Å². The minimum Gasteiger partial charge on any atom is -0.351 e. The van der Waals surface area contributed by atoms with E-state index in [4.69, 9.17) is 0 Å². The Labute approximate surface area is 170 Å². The third-order valence-electron chi connectivity index (χ3n) is 7.61. The van der Waals surface area contributed by atoms with E-state index in [0.29, 0.717) is 11.5 Å². The van der Waals surface area contributed by atoms with E-state index in [1.807, 2.05) is 12.1 Å². The summed E-state index contributed by atoms with van der Waals surface area (Å²) in [7, 11) is 1.66. The van der Waals surface area contributed by atoms with Gasteiger partial charge in [-0.2, -0.15) is 0 Å². The highest BCUT2D eigenvalue weighted by molar-refractivity contribution is 5.76. The molecule has 1 amide bonds. The maximum atomic E-state index is 12.8. The Kier molecular flexibility index (Phi) is 4.37. The molecule has 4 fully saturated rings. The van der Waals surface area contributed by atoms with Gasteiger partial charge in [-0.25, -0.2) is 9.48 Å². The Morgan fingerprint density at radius 3 is 2.45 bits per heavy atom. The molecule has 2 heterocycles. The van der Waals surface area contributed by atoms with E-state index >= 15 is 0 Å². The fraction of sp³-hybridized carbons (Fsp3) is 0.636. The molecule has 0 aromatic carbocycles. The van der Waals surface area contributed by atoms with Crippen LogP contribution >= 0.6 is 0 Å². The first kappa shape index (κ1) is 18.6. The molecule has 2 aromatic rings. The molecule has 0 spiro atoms. The molecule has 0 radical (unpaired) electrons. The van der Waals surface area contributed by atoms with E-state index in [2.05, 4.69) is 22.3 Å². The molecule has 0 unspecified atom stereocenters. The predicted octanol–water partition coefficient (Wildman–Crippen LogP) is 2.36. The molecule has 7 nitrogen and oxygen atoms in total. The molecule has 1 atom stereocenters. The van der Waals surface area contributed by atoms with Crippen LogP contribution in [0.25, 0.3) is 11.5 Å². The molecule has 0 aliphatic heterocycles. The van der Waals surface area contributed by atoms with Crippen LogP contribution < -0.4 is 11.0 Å². The Hall–Kier alpha value is -2.44. The Morgan fingerprint density at radius 2 is 1.86 bits per heavy atom. The summed E-state index contributed by atoms with van der Waals surface area (Å²) in [5.74, 6) is 2.87. The van der Waals surface area contributed by atoms with Crippen LogP contribution in [-0.2, 0) is 18.4 Å². The van der Waals surface area contributed by atoms with Crippen molar-refractivity contribution in [2.45, 2.75) is 58.0 Å². The topological polar surface area (TPSA) is 81.8 Å². The number of aromatic nitrogens is 4. The first-order chi connectivity index (χ1) is 13.9. The van der Waals surface area contributed by atoms with Crippen LogP contribution in [-0.4, -0.2) is 31.3 Å². The van der Waals surface area contributed by atoms with E-state index in [1.54, 1.807) is 19.3 Å². The highest BCUT2D eigenvalue weighted by atomic mass is 16.2. The van der Waals surface area contributed by atoms with Gasteiger partial charge in [0.1, 0.15) is 12.2 Å². The third-order valence-corrected chi connectivity index (χ3v) is 7.61. The highest BCUT2D eigenvalue weighted by Gasteiger charge is 2.53. The van der Waals surface area contributed by atoms with Crippen molar-refractivity contribution >= 4 is 5.91 Å². The average molecular weight is 396 g/mol. The summed E-state index contributed by atoms with van der Waals surface area (Å²) in [4.78, 5) is 29.6. The number of pyridine rings is 1. The van der Waals surface area contributed by atoms with Crippen LogP contribution in [0, 0.1) is 23.2 Å². The third kappa shape index (κ3) is 3.20. The zero-order valence-electron chi connectivity index (χ0n) is 17.2. The monoisotopic (exact) mass is 395 g/mol. The number of amides is 1. The SMILES string of the molecule is C[C@@H](NC(=O)Cn1nc(-c2ccccn2)n(C)c1=O)C12CC3CC(CC(C3)C1)C2. The molecular weight excluding hydrogens is 366 g/mol. The molecule has 4 aliphatic rings. The van der Waals surface area contributed by atoms with Crippen LogP contribution in [0.4, 0.5) is 0 Å². The highest BCUT2D eigenvalue weighted by Crippen LogP contribution is 2.61. The molecule has 4 bridgehead atoms. The average Bonchev–Trinajstić information content (AvgIpc) is 2.96. The fourth-order valence-corrected chi connectivity index (χ4v) is 6.59. The molecule has 154 valence electrons. The van der Waals surface area contributed by atoms with E-state index in [0.717, 1.165) is 17.8 Å². The van der Waals surface area contributed by atoms with E-state index in [1.165, 1.54) is 47.8 Å². The van der Waals surface area contributed by atoms with E-state index in [-0.39, 0.29) is 29.6 Å². The van der Waals surface area contributed by atoms with Crippen molar-refractivity contribution in [1.29, 1.82) is 0 Å². The van der Waals surface area contributed by atoms with Crippen LogP contribution in [0.2, 0.25) is 0 Å². The van der Waals surface area contributed by atoms with Gasteiger partial charge < -0.3 is 5.32 Å². The summed E-state index contributed by atoms with van der Waals surface area (Å²) in [6.45, 7) is 2.10. The second-order valence-electron chi connectivity index (χ2n) is 9.61. The number of hydrogen-bond acceptors (Lipinski definition) is 4. The van der Waals surface area contributed by atoms with Gasteiger partial charge in [0.05, 0.1) is 0 Å². The van der Waals surface area contributed by atoms with Crippen molar-refractivity contribution < 1.29 is 4.79 Å². The van der Waals surface area contributed by atoms with Crippen molar-refractivity contribution in [2.75, 3.05) is 0 Å². The van der Waals surface area contributed by atoms with Crippen molar-refractivity contribution in [1.82, 2.24) is 24.6 Å². The summed E-state index contributed by atoms with van der Waals surface area (Å²) >= 11 is 0. The molecule has 2 aromatic heterocycles. The second kappa shape index (κ2) is 6.82. The number of carbonyl (C=O) groups is 1. The lowest BCUT2D eigenvalue weighted by Crippen LogP contribution is -2.56. The van der Waals surface area contributed by atoms with Gasteiger partial charge in [-0.3, -0.25) is 14.3 Å². The lowest BCUT2D eigenvalue weighted by atomic mass is 9.48. The fourth-order valence-electron chi connectivity index (χ4n) is 6.59. The normalized spacial score (nSPS) is 31.0. The van der Waals surface area contributed by atoms with E-state index in [9.17, 15) is 9.59 Å². The van der Waals surface area contributed by atoms with Crippen LogP contribution in [0.1, 0.15) is 45.4 Å². The van der Waals surface area contributed by atoms with Gasteiger partial charge in [0.2, 0.25) is 5.91 Å². The van der Waals surface area contributed by atoms with E-state index < -0.39 is 0 Å². The molecule has 0 saturated heterocycles. The largest absolute Gasteiger partial charge is 0.351 e.